The van der Waals surface area contributed by atoms with Gasteiger partial charge in [0.2, 0.25) is 0 Å². The first kappa shape index (κ1) is 16.4. The van der Waals surface area contributed by atoms with Crippen LogP contribution < -0.4 is 15.5 Å². The van der Waals surface area contributed by atoms with Gasteiger partial charge in [0.15, 0.2) is 17.0 Å². The smallest absolute Gasteiger partial charge is 0.183 e. The Balaban J connectivity index is 1.47. The summed E-state index contributed by atoms with van der Waals surface area (Å²) in [6, 6.07) is 4.07. The quantitative estimate of drug-likeness (QED) is 0.718. The van der Waals surface area contributed by atoms with Crippen molar-refractivity contribution < 1.29 is 0 Å². The number of hydrogen-bond donors (Lipinski definition) is 2. The van der Waals surface area contributed by atoms with Crippen molar-refractivity contribution >= 4 is 28.5 Å². The van der Waals surface area contributed by atoms with Crippen molar-refractivity contribution in [2.24, 2.45) is 5.73 Å². The molecule has 1 fully saturated rings. The number of nitrogens with one attached hydrogen (secondary N) is 1. The van der Waals surface area contributed by atoms with Crippen molar-refractivity contribution in [3.8, 4) is 0 Å². The molecule has 2 aliphatic rings. The maximum absolute atomic E-state index is 6.24. The zero-order valence-electron chi connectivity index (χ0n) is 15.5. The van der Waals surface area contributed by atoms with Crippen LogP contribution in [0.5, 0.6) is 0 Å². The topological polar surface area (TPSA) is 99.9 Å². The van der Waals surface area contributed by atoms with E-state index in [0.717, 1.165) is 79.5 Å². The van der Waals surface area contributed by atoms with Crippen molar-refractivity contribution in [2.45, 2.75) is 38.1 Å². The zero-order chi connectivity index (χ0) is 18.4. The van der Waals surface area contributed by atoms with Crippen LogP contribution in [0.3, 0.4) is 0 Å². The van der Waals surface area contributed by atoms with Crippen LogP contribution in [0.1, 0.15) is 31.9 Å². The zero-order valence-corrected chi connectivity index (χ0v) is 15.5. The monoisotopic (exact) mass is 364 g/mol. The van der Waals surface area contributed by atoms with Gasteiger partial charge in [-0.05, 0) is 44.7 Å². The Morgan fingerprint density at radius 2 is 2.04 bits per heavy atom. The third-order valence-electron chi connectivity index (χ3n) is 5.68. The van der Waals surface area contributed by atoms with Crippen molar-refractivity contribution in [3.63, 3.8) is 0 Å². The fourth-order valence-corrected chi connectivity index (χ4v) is 3.98. The highest BCUT2D eigenvalue weighted by Gasteiger charge is 2.28. The lowest BCUT2D eigenvalue weighted by molar-refractivity contribution is 0.363. The minimum absolute atomic E-state index is 0.0785. The van der Waals surface area contributed by atoms with Crippen LogP contribution in [0, 0.1) is 0 Å². The molecule has 3 N–H and O–H groups in total. The van der Waals surface area contributed by atoms with Crippen molar-refractivity contribution in [1.82, 2.24) is 25.1 Å². The van der Waals surface area contributed by atoms with Gasteiger partial charge < -0.3 is 15.5 Å². The highest BCUT2D eigenvalue weighted by atomic mass is 15.3. The molecule has 5 heterocycles. The first-order valence-corrected chi connectivity index (χ1v) is 9.57. The van der Waals surface area contributed by atoms with Crippen molar-refractivity contribution in [1.29, 1.82) is 0 Å². The number of H-pyrrole nitrogens is 1. The summed E-state index contributed by atoms with van der Waals surface area (Å²) in [5.74, 6) is 1.71. The Kier molecular flexibility index (Phi) is 3.75. The SMILES string of the molecule is CC1(N)CCN(c2cnc3c(N4CCCc5ncccc54)n[nH]c3n2)CC1. The van der Waals surface area contributed by atoms with Gasteiger partial charge in [-0.15, -0.1) is 0 Å². The second kappa shape index (κ2) is 6.16. The number of piperidine rings is 1. The molecule has 0 aromatic carbocycles. The van der Waals surface area contributed by atoms with Crippen LogP contribution >= 0.6 is 0 Å². The Bertz CT molecular complexity index is 969. The largest absolute Gasteiger partial charge is 0.355 e. The maximum atomic E-state index is 6.24. The molecule has 27 heavy (non-hydrogen) atoms. The summed E-state index contributed by atoms with van der Waals surface area (Å²) in [6.07, 6.45) is 7.67. The average Bonchev–Trinajstić information content (AvgIpc) is 3.10. The van der Waals surface area contributed by atoms with Crippen molar-refractivity contribution in [2.75, 3.05) is 29.4 Å². The summed E-state index contributed by atoms with van der Waals surface area (Å²) < 4.78 is 0. The molecule has 3 aromatic heterocycles. The molecule has 5 rings (SSSR count). The normalized spacial score (nSPS) is 19.3. The molecule has 8 heteroatoms. The van der Waals surface area contributed by atoms with E-state index in [1.54, 1.807) is 0 Å². The molecular formula is C19H24N8. The number of rotatable bonds is 2. The van der Waals surface area contributed by atoms with E-state index in [9.17, 15) is 0 Å². The number of fused-ring (bicyclic) bond motifs is 2. The molecule has 140 valence electrons. The minimum atomic E-state index is -0.0785. The minimum Gasteiger partial charge on any atom is -0.355 e. The maximum Gasteiger partial charge on any atom is 0.183 e. The Morgan fingerprint density at radius 1 is 1.19 bits per heavy atom. The van der Waals surface area contributed by atoms with Gasteiger partial charge in [-0.25, -0.2) is 9.97 Å². The van der Waals surface area contributed by atoms with Gasteiger partial charge in [-0.2, -0.15) is 5.10 Å². The molecule has 0 bridgehead atoms. The molecule has 3 aromatic rings. The van der Waals surface area contributed by atoms with E-state index in [1.807, 2.05) is 18.5 Å². The lowest BCUT2D eigenvalue weighted by Gasteiger charge is -2.37. The summed E-state index contributed by atoms with van der Waals surface area (Å²) in [6.45, 7) is 4.83. The van der Waals surface area contributed by atoms with Crippen LogP contribution in [0.2, 0.25) is 0 Å². The molecule has 0 radical (unpaired) electrons. The van der Waals surface area contributed by atoms with Crippen molar-refractivity contribution in [3.05, 3.63) is 30.2 Å². The molecule has 0 atom stereocenters. The highest BCUT2D eigenvalue weighted by Crippen LogP contribution is 2.34. The Labute approximate surface area is 157 Å². The van der Waals surface area contributed by atoms with Gasteiger partial charge in [0.05, 0.1) is 17.6 Å². The Hall–Kier alpha value is -2.74. The predicted molar refractivity (Wildman–Crippen MR) is 105 cm³/mol. The predicted octanol–water partition coefficient (Wildman–Crippen LogP) is 2.15. The summed E-state index contributed by atoms with van der Waals surface area (Å²) in [4.78, 5) is 18.4. The first-order chi connectivity index (χ1) is 13.1. The summed E-state index contributed by atoms with van der Waals surface area (Å²) in [5, 5.41) is 7.61. The van der Waals surface area contributed by atoms with Gasteiger partial charge in [-0.1, -0.05) is 0 Å². The summed E-state index contributed by atoms with van der Waals surface area (Å²) in [5.41, 5.74) is 9.92. The lowest BCUT2D eigenvalue weighted by atomic mass is 9.91. The third kappa shape index (κ3) is 2.90. The standard InChI is InChI=1S/C19H24N8/c1-19(20)6-10-26(11-7-19)15-12-22-16-17(23-15)24-25-18(16)27-9-3-4-13-14(27)5-2-8-21-13/h2,5,8,12H,3-4,6-7,9-11,20H2,1H3,(H,23,24,25). The van der Waals surface area contributed by atoms with Gasteiger partial charge in [0.1, 0.15) is 5.82 Å². The molecule has 8 nitrogen and oxygen atoms in total. The fourth-order valence-electron chi connectivity index (χ4n) is 3.98. The van der Waals surface area contributed by atoms with E-state index in [-0.39, 0.29) is 5.54 Å². The molecule has 0 aliphatic carbocycles. The van der Waals surface area contributed by atoms with Crippen LogP contribution in [-0.4, -0.2) is 50.3 Å². The number of aryl methyl sites for hydroxylation is 1. The molecule has 0 amide bonds. The summed E-state index contributed by atoms with van der Waals surface area (Å²) in [7, 11) is 0. The molecule has 0 unspecified atom stereocenters. The molecule has 1 saturated heterocycles. The van der Waals surface area contributed by atoms with E-state index in [2.05, 4.69) is 38.0 Å². The van der Waals surface area contributed by atoms with Gasteiger partial charge in [0, 0.05) is 31.4 Å². The molecule has 2 aliphatic heterocycles. The molecule has 0 spiro atoms. The van der Waals surface area contributed by atoms with Crippen LogP contribution in [0.25, 0.3) is 11.2 Å². The van der Waals surface area contributed by atoms with E-state index >= 15 is 0 Å². The van der Waals surface area contributed by atoms with E-state index in [0.29, 0.717) is 0 Å². The average molecular weight is 364 g/mol. The van der Waals surface area contributed by atoms with E-state index < -0.39 is 0 Å². The molecule has 0 saturated carbocycles. The van der Waals surface area contributed by atoms with Crippen LogP contribution in [0.15, 0.2) is 24.5 Å². The molecular weight excluding hydrogens is 340 g/mol. The van der Waals surface area contributed by atoms with Gasteiger partial charge >= 0.3 is 0 Å². The summed E-state index contributed by atoms with van der Waals surface area (Å²) >= 11 is 0. The highest BCUT2D eigenvalue weighted by molar-refractivity contribution is 5.87. The number of aromatic amines is 1. The fraction of sp³-hybridized carbons (Fsp3) is 0.474. The van der Waals surface area contributed by atoms with Gasteiger partial charge in [0.25, 0.3) is 0 Å². The van der Waals surface area contributed by atoms with E-state index in [4.69, 9.17) is 15.7 Å². The number of aromatic nitrogens is 5. The number of pyridine rings is 1. The lowest BCUT2D eigenvalue weighted by Crippen LogP contribution is -2.48. The second-order valence-corrected chi connectivity index (χ2v) is 7.84. The van der Waals surface area contributed by atoms with Crippen LogP contribution in [-0.2, 0) is 6.42 Å². The third-order valence-corrected chi connectivity index (χ3v) is 5.68. The Morgan fingerprint density at radius 3 is 2.89 bits per heavy atom. The second-order valence-electron chi connectivity index (χ2n) is 7.84. The van der Waals surface area contributed by atoms with E-state index in [1.165, 1.54) is 0 Å². The van der Waals surface area contributed by atoms with Gasteiger partial charge in [-0.3, -0.25) is 10.1 Å². The number of hydrogen-bond acceptors (Lipinski definition) is 7. The number of nitrogens with zero attached hydrogens (tertiary/aromatic N) is 6. The van der Waals surface area contributed by atoms with Crippen LogP contribution in [0.4, 0.5) is 17.3 Å². The first-order valence-electron chi connectivity index (χ1n) is 9.57. The number of anilines is 3. The number of nitrogens with two attached hydrogens (primary N) is 1.